The van der Waals surface area contributed by atoms with Crippen LogP contribution >= 0.6 is 0 Å². The summed E-state index contributed by atoms with van der Waals surface area (Å²) in [5, 5.41) is 2.83. The molecule has 0 unspecified atom stereocenters. The molecule has 0 heterocycles. The highest BCUT2D eigenvalue weighted by atomic mass is 16.5. The van der Waals surface area contributed by atoms with E-state index in [1.165, 1.54) is 7.11 Å². The molecule has 5 nitrogen and oxygen atoms in total. The van der Waals surface area contributed by atoms with Crippen molar-refractivity contribution < 1.29 is 14.3 Å². The highest BCUT2D eigenvalue weighted by molar-refractivity contribution is 5.97. The van der Waals surface area contributed by atoms with Gasteiger partial charge in [-0.05, 0) is 32.4 Å². The average molecular weight is 266 g/mol. The average Bonchev–Trinajstić information content (AvgIpc) is 2.37. The Balaban J connectivity index is 2.45. The normalized spacial score (nSPS) is 10.5. The Morgan fingerprint density at radius 1 is 1.42 bits per heavy atom. The fourth-order valence-corrected chi connectivity index (χ4v) is 1.58. The molecule has 0 bridgehead atoms. The summed E-state index contributed by atoms with van der Waals surface area (Å²) in [6, 6.07) is 4.98. The highest BCUT2D eigenvalue weighted by Crippen LogP contribution is 2.21. The van der Waals surface area contributed by atoms with Crippen LogP contribution in [0.25, 0.3) is 0 Å². The molecule has 0 aliphatic rings. The van der Waals surface area contributed by atoms with E-state index in [9.17, 15) is 4.79 Å². The molecule has 1 rings (SSSR count). The van der Waals surface area contributed by atoms with Gasteiger partial charge in [0.2, 0.25) is 0 Å². The number of benzene rings is 1. The van der Waals surface area contributed by atoms with Gasteiger partial charge in [0.15, 0.2) is 0 Å². The van der Waals surface area contributed by atoms with E-state index in [4.69, 9.17) is 15.2 Å². The Morgan fingerprint density at radius 3 is 2.79 bits per heavy atom. The van der Waals surface area contributed by atoms with Crippen molar-refractivity contribution in [3.05, 3.63) is 23.8 Å². The lowest BCUT2D eigenvalue weighted by Crippen LogP contribution is -2.26. The van der Waals surface area contributed by atoms with Crippen LogP contribution in [0.5, 0.6) is 5.75 Å². The molecular weight excluding hydrogens is 244 g/mol. The SMILES string of the molecule is COc1cc(N)ccc1C(=O)NCCCOC(C)C. The Kier molecular flexibility index (Phi) is 6.15. The van der Waals surface area contributed by atoms with Crippen LogP contribution in [0, 0.1) is 0 Å². The maximum atomic E-state index is 12.0. The quantitative estimate of drug-likeness (QED) is 0.583. The molecule has 1 aromatic carbocycles. The van der Waals surface area contributed by atoms with E-state index in [0.717, 1.165) is 6.42 Å². The van der Waals surface area contributed by atoms with Crippen LogP contribution < -0.4 is 15.8 Å². The third-order valence-electron chi connectivity index (χ3n) is 2.53. The van der Waals surface area contributed by atoms with Gasteiger partial charge in [0, 0.05) is 24.9 Å². The Bertz CT molecular complexity index is 419. The van der Waals surface area contributed by atoms with E-state index in [1.54, 1.807) is 18.2 Å². The van der Waals surface area contributed by atoms with Gasteiger partial charge in [0.1, 0.15) is 5.75 Å². The number of carbonyl (C=O) groups is 1. The molecule has 3 N–H and O–H groups in total. The number of hydrogen-bond donors (Lipinski definition) is 2. The Labute approximate surface area is 114 Å². The number of rotatable bonds is 7. The van der Waals surface area contributed by atoms with E-state index >= 15 is 0 Å². The molecule has 0 saturated heterocycles. The number of carbonyl (C=O) groups excluding carboxylic acids is 1. The van der Waals surface area contributed by atoms with Gasteiger partial charge in [-0.25, -0.2) is 0 Å². The second kappa shape index (κ2) is 7.63. The first kappa shape index (κ1) is 15.3. The number of methoxy groups -OCH3 is 1. The third-order valence-corrected chi connectivity index (χ3v) is 2.53. The highest BCUT2D eigenvalue weighted by Gasteiger charge is 2.11. The van der Waals surface area contributed by atoms with Crippen LogP contribution in [0.1, 0.15) is 30.6 Å². The zero-order valence-corrected chi connectivity index (χ0v) is 11.7. The van der Waals surface area contributed by atoms with Crippen molar-refractivity contribution in [2.45, 2.75) is 26.4 Å². The maximum absolute atomic E-state index is 12.0. The molecule has 106 valence electrons. The number of amides is 1. The van der Waals surface area contributed by atoms with E-state index < -0.39 is 0 Å². The number of nitrogens with one attached hydrogen (secondary N) is 1. The molecule has 5 heteroatoms. The molecule has 0 fully saturated rings. The minimum Gasteiger partial charge on any atom is -0.496 e. The van der Waals surface area contributed by atoms with Crippen LogP contribution in [0.4, 0.5) is 5.69 Å². The van der Waals surface area contributed by atoms with Crippen molar-refractivity contribution >= 4 is 11.6 Å². The zero-order valence-electron chi connectivity index (χ0n) is 11.7. The number of anilines is 1. The lowest BCUT2D eigenvalue weighted by atomic mass is 10.1. The molecule has 0 aromatic heterocycles. The summed E-state index contributed by atoms with van der Waals surface area (Å²) >= 11 is 0. The molecule has 0 atom stereocenters. The second-order valence-electron chi connectivity index (χ2n) is 4.49. The molecule has 1 amide bonds. The van der Waals surface area contributed by atoms with Crippen molar-refractivity contribution in [1.29, 1.82) is 0 Å². The smallest absolute Gasteiger partial charge is 0.255 e. The molecule has 0 spiro atoms. The van der Waals surface area contributed by atoms with Crippen LogP contribution in [0.15, 0.2) is 18.2 Å². The maximum Gasteiger partial charge on any atom is 0.255 e. The predicted octanol–water partition coefficient (Wildman–Crippen LogP) is 1.82. The van der Waals surface area contributed by atoms with Crippen LogP contribution in [-0.4, -0.2) is 32.3 Å². The van der Waals surface area contributed by atoms with Gasteiger partial charge in [-0.15, -0.1) is 0 Å². The first-order chi connectivity index (χ1) is 9.04. The van der Waals surface area contributed by atoms with Crippen molar-refractivity contribution in [3.63, 3.8) is 0 Å². The zero-order chi connectivity index (χ0) is 14.3. The number of nitrogens with two attached hydrogens (primary N) is 1. The molecule has 1 aromatic rings. The van der Waals surface area contributed by atoms with Crippen LogP contribution in [0.3, 0.4) is 0 Å². The van der Waals surface area contributed by atoms with Gasteiger partial charge in [0.25, 0.3) is 5.91 Å². The summed E-state index contributed by atoms with van der Waals surface area (Å²) in [6.45, 7) is 5.17. The van der Waals surface area contributed by atoms with Gasteiger partial charge in [-0.1, -0.05) is 0 Å². The van der Waals surface area contributed by atoms with Crippen LogP contribution in [0.2, 0.25) is 0 Å². The number of hydrogen-bond acceptors (Lipinski definition) is 4. The summed E-state index contributed by atoms with van der Waals surface area (Å²) in [5.74, 6) is 0.317. The van der Waals surface area contributed by atoms with Crippen molar-refractivity contribution in [2.75, 3.05) is 26.0 Å². The molecule has 19 heavy (non-hydrogen) atoms. The van der Waals surface area contributed by atoms with Crippen molar-refractivity contribution in [1.82, 2.24) is 5.32 Å². The Hall–Kier alpha value is -1.75. The molecule has 0 aliphatic heterocycles. The number of ether oxygens (including phenoxy) is 2. The summed E-state index contributed by atoms with van der Waals surface area (Å²) in [5.41, 5.74) is 6.70. The topological polar surface area (TPSA) is 73.6 Å². The van der Waals surface area contributed by atoms with E-state index in [2.05, 4.69) is 5.32 Å². The standard InChI is InChI=1S/C14H22N2O3/c1-10(2)19-8-4-7-16-14(17)12-6-5-11(15)9-13(12)18-3/h5-6,9-10H,4,7-8,15H2,1-3H3,(H,16,17). The lowest BCUT2D eigenvalue weighted by Gasteiger charge is -2.11. The van der Waals surface area contributed by atoms with Crippen molar-refractivity contribution in [2.24, 2.45) is 0 Å². The van der Waals surface area contributed by atoms with Gasteiger partial charge in [-0.3, -0.25) is 4.79 Å². The third kappa shape index (κ3) is 5.18. The number of nitrogen functional groups attached to an aromatic ring is 1. The largest absolute Gasteiger partial charge is 0.496 e. The second-order valence-corrected chi connectivity index (χ2v) is 4.49. The molecular formula is C14H22N2O3. The first-order valence-corrected chi connectivity index (χ1v) is 6.38. The van der Waals surface area contributed by atoms with E-state index in [1.807, 2.05) is 13.8 Å². The monoisotopic (exact) mass is 266 g/mol. The summed E-state index contributed by atoms with van der Waals surface area (Å²) in [7, 11) is 1.52. The summed E-state index contributed by atoms with van der Waals surface area (Å²) in [4.78, 5) is 12.0. The van der Waals surface area contributed by atoms with E-state index in [0.29, 0.717) is 30.2 Å². The Morgan fingerprint density at radius 2 is 2.16 bits per heavy atom. The first-order valence-electron chi connectivity index (χ1n) is 6.38. The molecule has 0 radical (unpaired) electrons. The molecule has 0 aliphatic carbocycles. The van der Waals surface area contributed by atoms with Crippen LogP contribution in [-0.2, 0) is 4.74 Å². The van der Waals surface area contributed by atoms with Gasteiger partial charge in [-0.2, -0.15) is 0 Å². The molecule has 0 saturated carbocycles. The predicted molar refractivity (Wildman–Crippen MR) is 75.4 cm³/mol. The fourth-order valence-electron chi connectivity index (χ4n) is 1.58. The summed E-state index contributed by atoms with van der Waals surface area (Å²) in [6.07, 6.45) is 0.995. The summed E-state index contributed by atoms with van der Waals surface area (Å²) < 4.78 is 10.5. The van der Waals surface area contributed by atoms with Gasteiger partial charge < -0.3 is 20.5 Å². The minimum absolute atomic E-state index is 0.165. The minimum atomic E-state index is -0.165. The van der Waals surface area contributed by atoms with Gasteiger partial charge in [0.05, 0.1) is 18.8 Å². The van der Waals surface area contributed by atoms with E-state index in [-0.39, 0.29) is 12.0 Å². The van der Waals surface area contributed by atoms with Crippen molar-refractivity contribution in [3.8, 4) is 5.75 Å². The fraction of sp³-hybridized carbons (Fsp3) is 0.500. The lowest BCUT2D eigenvalue weighted by molar-refractivity contribution is 0.0757. The van der Waals surface area contributed by atoms with Gasteiger partial charge >= 0.3 is 0 Å².